The van der Waals surface area contributed by atoms with Crippen LogP contribution in [0.4, 0.5) is 10.5 Å². The van der Waals surface area contributed by atoms with Crippen LogP contribution in [0.25, 0.3) is 0 Å². The number of carbonyl (C=O) groups excluding carboxylic acids is 2. The van der Waals surface area contributed by atoms with Crippen molar-refractivity contribution in [3.05, 3.63) is 42.1 Å². The quantitative estimate of drug-likeness (QED) is 0.651. The second kappa shape index (κ2) is 10.3. The summed E-state index contributed by atoms with van der Waals surface area (Å²) in [6.07, 6.45) is 0.414. The van der Waals surface area contributed by atoms with E-state index >= 15 is 0 Å². The molecule has 1 aromatic carbocycles. The molecule has 0 radical (unpaired) electrons. The molecule has 0 unspecified atom stereocenters. The molecule has 2 rings (SSSR count). The first-order valence-corrected chi connectivity index (χ1v) is 9.60. The molecule has 0 aliphatic rings. The fourth-order valence-electron chi connectivity index (χ4n) is 2.63. The average molecular weight is 426 g/mol. The lowest BCUT2D eigenvalue weighted by Gasteiger charge is -2.22. The number of methoxy groups -OCH3 is 1. The smallest absolute Gasteiger partial charge is 0.405 e. The van der Waals surface area contributed by atoms with Crippen LogP contribution in [0.3, 0.4) is 0 Å². The number of carbonyl (C=O) groups is 2. The van der Waals surface area contributed by atoms with Crippen molar-refractivity contribution in [1.29, 1.82) is 5.26 Å². The minimum Gasteiger partial charge on any atom is -0.495 e. The number of aromatic nitrogens is 1. The second-order valence-corrected chi connectivity index (χ2v) is 7.98. The van der Waals surface area contributed by atoms with Gasteiger partial charge >= 0.3 is 6.09 Å². The number of nitrogens with zero attached hydrogens (tertiary/aromatic N) is 2. The summed E-state index contributed by atoms with van der Waals surface area (Å²) in [5.41, 5.74) is 5.86. The maximum atomic E-state index is 12.5. The lowest BCUT2D eigenvalue weighted by molar-refractivity contribution is -0.124. The largest absolute Gasteiger partial charge is 0.495 e. The summed E-state index contributed by atoms with van der Waals surface area (Å²) in [7, 11) is 1.46. The molecular formula is C22H26N4O5. The highest BCUT2D eigenvalue weighted by atomic mass is 16.6. The second-order valence-electron chi connectivity index (χ2n) is 7.98. The van der Waals surface area contributed by atoms with Gasteiger partial charge < -0.3 is 25.3 Å². The molecule has 0 bridgehead atoms. The number of ether oxygens (including phenoxy) is 3. The van der Waals surface area contributed by atoms with Crippen molar-refractivity contribution in [1.82, 2.24) is 4.98 Å². The molecule has 2 amide bonds. The van der Waals surface area contributed by atoms with Crippen LogP contribution < -0.4 is 20.5 Å². The first-order chi connectivity index (χ1) is 14.6. The van der Waals surface area contributed by atoms with Gasteiger partial charge in [0.1, 0.15) is 17.6 Å². The highest BCUT2D eigenvalue weighted by molar-refractivity contribution is 5.95. The summed E-state index contributed by atoms with van der Waals surface area (Å²) < 4.78 is 15.8. The van der Waals surface area contributed by atoms with Crippen LogP contribution in [0.5, 0.6) is 17.4 Å². The third-order valence-electron chi connectivity index (χ3n) is 4.23. The van der Waals surface area contributed by atoms with Crippen LogP contribution in [0, 0.1) is 16.7 Å². The van der Waals surface area contributed by atoms with Crippen molar-refractivity contribution in [3.8, 4) is 23.4 Å². The number of hydrogen-bond acceptors (Lipinski definition) is 7. The number of pyridine rings is 1. The molecule has 1 aromatic heterocycles. The average Bonchev–Trinajstić information content (AvgIpc) is 2.71. The van der Waals surface area contributed by atoms with Crippen LogP contribution >= 0.6 is 0 Å². The molecule has 0 aliphatic carbocycles. The normalized spacial score (nSPS) is 11.7. The molecule has 0 fully saturated rings. The Morgan fingerprint density at radius 3 is 2.55 bits per heavy atom. The summed E-state index contributed by atoms with van der Waals surface area (Å²) in [6, 6.07) is 9.99. The van der Waals surface area contributed by atoms with E-state index in [1.165, 1.54) is 13.3 Å². The van der Waals surface area contributed by atoms with Gasteiger partial charge in [0.15, 0.2) is 6.10 Å². The summed E-state index contributed by atoms with van der Waals surface area (Å²) in [4.78, 5) is 27.8. The van der Waals surface area contributed by atoms with E-state index < -0.39 is 18.1 Å². The van der Waals surface area contributed by atoms with Crippen molar-refractivity contribution >= 4 is 17.7 Å². The van der Waals surface area contributed by atoms with Crippen LogP contribution in [0.2, 0.25) is 0 Å². The first-order valence-electron chi connectivity index (χ1n) is 9.60. The lowest BCUT2D eigenvalue weighted by Crippen LogP contribution is -2.35. The van der Waals surface area contributed by atoms with E-state index in [-0.39, 0.29) is 11.3 Å². The molecule has 1 heterocycles. The number of primary amides is 1. The molecule has 0 spiro atoms. The predicted molar refractivity (Wildman–Crippen MR) is 114 cm³/mol. The van der Waals surface area contributed by atoms with Gasteiger partial charge in [-0.15, -0.1) is 0 Å². The monoisotopic (exact) mass is 426 g/mol. The summed E-state index contributed by atoms with van der Waals surface area (Å²) >= 11 is 0. The van der Waals surface area contributed by atoms with Gasteiger partial charge in [-0.25, -0.2) is 9.78 Å². The highest BCUT2D eigenvalue weighted by Gasteiger charge is 2.24. The Labute approximate surface area is 181 Å². The number of nitrogens with one attached hydrogen (secondary N) is 1. The minimum absolute atomic E-state index is 0.0335. The number of benzene rings is 1. The zero-order valence-electron chi connectivity index (χ0n) is 18.0. The Balaban J connectivity index is 2.04. The number of anilines is 1. The summed E-state index contributed by atoms with van der Waals surface area (Å²) in [6.45, 7) is 6.08. The number of amides is 2. The maximum absolute atomic E-state index is 12.5. The molecule has 0 saturated heterocycles. The third kappa shape index (κ3) is 7.51. The van der Waals surface area contributed by atoms with Crippen LogP contribution in [-0.2, 0) is 9.53 Å². The number of nitrogens with two attached hydrogens (primary N) is 1. The predicted octanol–water partition coefficient (Wildman–Crippen LogP) is 3.98. The Morgan fingerprint density at radius 1 is 1.26 bits per heavy atom. The van der Waals surface area contributed by atoms with Gasteiger partial charge in [0.05, 0.1) is 24.6 Å². The molecule has 31 heavy (non-hydrogen) atoms. The Morgan fingerprint density at radius 2 is 2.00 bits per heavy atom. The first kappa shape index (κ1) is 23.5. The molecule has 0 aliphatic heterocycles. The number of nitriles is 1. The molecule has 1 atom stereocenters. The molecule has 164 valence electrons. The van der Waals surface area contributed by atoms with Gasteiger partial charge in [0.2, 0.25) is 5.88 Å². The van der Waals surface area contributed by atoms with E-state index in [0.29, 0.717) is 35.6 Å². The van der Waals surface area contributed by atoms with Crippen LogP contribution in [0.15, 0.2) is 36.5 Å². The van der Waals surface area contributed by atoms with Crippen LogP contribution in [-0.4, -0.2) is 30.2 Å². The molecular weight excluding hydrogens is 400 g/mol. The van der Waals surface area contributed by atoms with E-state index in [4.69, 9.17) is 25.2 Å². The van der Waals surface area contributed by atoms with Gasteiger partial charge in [-0.3, -0.25) is 4.79 Å². The molecule has 9 nitrogen and oxygen atoms in total. The SMILES string of the molecule is COc1cc(Oc2ccc(NC(=O)[C@@H](CCC(C)(C)C)OC(N)=O)cn2)ccc1C#N. The van der Waals surface area contributed by atoms with E-state index in [2.05, 4.69) is 10.3 Å². The van der Waals surface area contributed by atoms with Gasteiger partial charge in [-0.2, -0.15) is 5.26 Å². The number of hydrogen-bond donors (Lipinski definition) is 2. The molecule has 2 aromatic rings. The van der Waals surface area contributed by atoms with Crippen molar-refractivity contribution in [2.45, 2.75) is 39.7 Å². The van der Waals surface area contributed by atoms with E-state index in [1.807, 2.05) is 26.8 Å². The van der Waals surface area contributed by atoms with Gasteiger partial charge in [0.25, 0.3) is 5.91 Å². The maximum Gasteiger partial charge on any atom is 0.405 e. The molecule has 3 N–H and O–H groups in total. The molecule has 9 heteroatoms. The van der Waals surface area contributed by atoms with Crippen molar-refractivity contribution < 1.29 is 23.8 Å². The third-order valence-corrected chi connectivity index (χ3v) is 4.23. The van der Waals surface area contributed by atoms with Crippen molar-refractivity contribution in [2.24, 2.45) is 11.1 Å². The number of rotatable bonds is 8. The fourth-order valence-corrected chi connectivity index (χ4v) is 2.63. The van der Waals surface area contributed by atoms with E-state index in [9.17, 15) is 9.59 Å². The zero-order chi connectivity index (χ0) is 23.0. The van der Waals surface area contributed by atoms with E-state index in [1.54, 1.807) is 30.3 Å². The summed E-state index contributed by atoms with van der Waals surface area (Å²) in [5.74, 6) is 0.620. The van der Waals surface area contributed by atoms with E-state index in [0.717, 1.165) is 0 Å². The van der Waals surface area contributed by atoms with Gasteiger partial charge in [-0.05, 0) is 36.5 Å². The van der Waals surface area contributed by atoms with Crippen LogP contribution in [0.1, 0.15) is 39.2 Å². The Hall–Kier alpha value is -3.80. The lowest BCUT2D eigenvalue weighted by atomic mass is 9.89. The minimum atomic E-state index is -1.01. The van der Waals surface area contributed by atoms with Gasteiger partial charge in [-0.1, -0.05) is 20.8 Å². The molecule has 0 saturated carbocycles. The summed E-state index contributed by atoms with van der Waals surface area (Å²) in [5, 5.41) is 11.7. The zero-order valence-corrected chi connectivity index (χ0v) is 18.0. The standard InChI is InChI=1S/C22H26N4O5/c1-22(2,3)10-9-17(31-21(24)28)20(27)26-15-6-8-19(25-13-15)30-16-7-5-14(12-23)18(11-16)29-4/h5-8,11,13,17H,9-10H2,1-4H3,(H2,24,28)(H,26,27)/t17-/m1/s1. The van der Waals surface area contributed by atoms with Crippen molar-refractivity contribution in [3.63, 3.8) is 0 Å². The topological polar surface area (TPSA) is 137 Å². The van der Waals surface area contributed by atoms with Crippen molar-refractivity contribution in [2.75, 3.05) is 12.4 Å². The fraction of sp³-hybridized carbons (Fsp3) is 0.364. The Bertz CT molecular complexity index is 961. The van der Waals surface area contributed by atoms with Gasteiger partial charge in [0, 0.05) is 12.1 Å². The Kier molecular flexibility index (Phi) is 7.80. The highest BCUT2D eigenvalue weighted by Crippen LogP contribution is 2.28.